The van der Waals surface area contributed by atoms with E-state index in [-0.39, 0.29) is 17.5 Å². The van der Waals surface area contributed by atoms with Gasteiger partial charge in [0.25, 0.3) is 5.91 Å². The van der Waals surface area contributed by atoms with Gasteiger partial charge in [-0.1, -0.05) is 22.9 Å². The lowest BCUT2D eigenvalue weighted by Gasteiger charge is -2.36. The number of nitrogens with two attached hydrogens (primary N) is 1. The van der Waals surface area contributed by atoms with Gasteiger partial charge in [0.2, 0.25) is 5.91 Å². The van der Waals surface area contributed by atoms with Crippen molar-refractivity contribution in [1.82, 2.24) is 10.2 Å². The highest BCUT2D eigenvalue weighted by Gasteiger charge is 2.24. The molecule has 1 aliphatic rings. The van der Waals surface area contributed by atoms with Crippen LogP contribution >= 0.6 is 15.9 Å². The largest absolute Gasteiger partial charge is 0.368 e. The summed E-state index contributed by atoms with van der Waals surface area (Å²) in [5.41, 5.74) is 5.74. The van der Waals surface area contributed by atoms with Gasteiger partial charge in [-0.25, -0.2) is 4.39 Å². The Balaban J connectivity index is 2.01. The number of nitrogens with zero attached hydrogens (tertiary/aromatic N) is 2. The number of hydrogen-bond acceptors (Lipinski definition) is 4. The molecule has 0 aliphatic carbocycles. The van der Waals surface area contributed by atoms with Crippen molar-refractivity contribution in [2.75, 3.05) is 37.6 Å². The molecular formula is C17H24BrFN4O2. The molecule has 0 aromatic heterocycles. The molecule has 0 radical (unpaired) electrons. The first kappa shape index (κ1) is 19.7. The lowest BCUT2D eigenvalue weighted by Crippen LogP contribution is -2.50. The number of halogens is 2. The molecule has 1 unspecified atom stereocenters. The number of nitrogens with one attached hydrogen (secondary N) is 1. The molecule has 1 heterocycles. The third-order valence-electron chi connectivity index (χ3n) is 4.38. The van der Waals surface area contributed by atoms with Crippen molar-refractivity contribution in [1.29, 1.82) is 0 Å². The maximum absolute atomic E-state index is 14.1. The first-order chi connectivity index (χ1) is 11.8. The Kier molecular flexibility index (Phi) is 6.78. The number of primary amides is 1. The van der Waals surface area contributed by atoms with E-state index in [9.17, 15) is 14.0 Å². The number of carbonyl (C=O) groups is 2. The zero-order valence-corrected chi connectivity index (χ0v) is 16.1. The number of rotatable bonds is 6. The molecule has 1 aliphatic heterocycles. The van der Waals surface area contributed by atoms with E-state index in [2.05, 4.69) is 21.2 Å². The maximum atomic E-state index is 14.1. The van der Waals surface area contributed by atoms with Crippen LogP contribution in [-0.4, -0.2) is 55.5 Å². The molecule has 1 aromatic carbocycles. The van der Waals surface area contributed by atoms with Crippen LogP contribution in [0, 0.1) is 5.82 Å². The molecular weight excluding hydrogens is 391 g/mol. The van der Waals surface area contributed by atoms with Crippen molar-refractivity contribution in [3.05, 3.63) is 28.0 Å². The van der Waals surface area contributed by atoms with E-state index < -0.39 is 11.7 Å². The molecule has 138 valence electrons. The fourth-order valence-electron chi connectivity index (χ4n) is 2.83. The van der Waals surface area contributed by atoms with E-state index in [4.69, 9.17) is 5.73 Å². The van der Waals surface area contributed by atoms with Crippen molar-refractivity contribution in [3.8, 4) is 0 Å². The second-order valence-corrected chi connectivity index (χ2v) is 7.20. The van der Waals surface area contributed by atoms with Gasteiger partial charge in [0.15, 0.2) is 0 Å². The van der Waals surface area contributed by atoms with Gasteiger partial charge in [-0.05, 0) is 25.5 Å². The summed E-state index contributed by atoms with van der Waals surface area (Å²) in [6.45, 7) is 6.83. The molecule has 1 aromatic rings. The van der Waals surface area contributed by atoms with Gasteiger partial charge in [0, 0.05) is 36.7 Å². The van der Waals surface area contributed by atoms with Gasteiger partial charge in [0.05, 0.1) is 17.8 Å². The number of carbonyl (C=O) groups excluding carboxylic acids is 2. The average molecular weight is 415 g/mol. The van der Waals surface area contributed by atoms with Crippen LogP contribution in [0.3, 0.4) is 0 Å². The minimum absolute atomic E-state index is 0.00845. The summed E-state index contributed by atoms with van der Waals surface area (Å²) in [4.78, 5) is 27.6. The summed E-state index contributed by atoms with van der Waals surface area (Å²) in [7, 11) is 0. The van der Waals surface area contributed by atoms with Crippen LogP contribution in [0.25, 0.3) is 0 Å². The van der Waals surface area contributed by atoms with Gasteiger partial charge in [-0.3, -0.25) is 14.5 Å². The Labute approximate surface area is 155 Å². The average Bonchev–Trinajstić information content (AvgIpc) is 2.54. The monoisotopic (exact) mass is 414 g/mol. The quantitative estimate of drug-likeness (QED) is 0.742. The zero-order valence-electron chi connectivity index (χ0n) is 14.5. The summed E-state index contributed by atoms with van der Waals surface area (Å²) in [6, 6.07) is 3.10. The first-order valence-electron chi connectivity index (χ1n) is 8.37. The molecule has 2 amide bonds. The Morgan fingerprint density at radius 2 is 1.96 bits per heavy atom. The van der Waals surface area contributed by atoms with Crippen LogP contribution in [0.15, 0.2) is 16.6 Å². The second-order valence-electron chi connectivity index (χ2n) is 6.29. The molecule has 0 bridgehead atoms. The molecule has 25 heavy (non-hydrogen) atoms. The summed E-state index contributed by atoms with van der Waals surface area (Å²) >= 11 is 3.25. The van der Waals surface area contributed by atoms with Crippen LogP contribution in [0.4, 0.5) is 10.1 Å². The first-order valence-corrected chi connectivity index (χ1v) is 9.16. The Bertz CT molecular complexity index is 648. The third-order valence-corrected chi connectivity index (χ3v) is 4.84. The van der Waals surface area contributed by atoms with E-state index in [0.29, 0.717) is 42.9 Å². The highest BCUT2D eigenvalue weighted by Crippen LogP contribution is 2.28. The molecule has 6 nitrogen and oxygen atoms in total. The molecule has 3 N–H and O–H groups in total. The number of hydrogen-bond donors (Lipinski definition) is 2. The molecule has 1 fully saturated rings. The van der Waals surface area contributed by atoms with Crippen LogP contribution in [0.5, 0.6) is 0 Å². The van der Waals surface area contributed by atoms with Gasteiger partial charge >= 0.3 is 0 Å². The topological polar surface area (TPSA) is 78.7 Å². The number of benzene rings is 1. The number of amides is 2. The summed E-state index contributed by atoms with van der Waals surface area (Å²) < 4.78 is 14.7. The van der Waals surface area contributed by atoms with Crippen LogP contribution in [0.2, 0.25) is 0 Å². The lowest BCUT2D eigenvalue weighted by atomic mass is 10.1. The molecule has 8 heteroatoms. The molecule has 1 saturated heterocycles. The minimum atomic E-state index is -0.782. The van der Waals surface area contributed by atoms with Gasteiger partial charge in [-0.2, -0.15) is 0 Å². The highest BCUT2D eigenvalue weighted by molar-refractivity contribution is 9.10. The van der Waals surface area contributed by atoms with Crippen molar-refractivity contribution < 1.29 is 14.0 Å². The van der Waals surface area contributed by atoms with E-state index in [1.165, 1.54) is 6.07 Å². The maximum Gasteiger partial charge on any atom is 0.253 e. The standard InChI is InChI=1S/C17H24BrFN4O2/c1-3-11(2)21-15(24)10-22-4-6-23(7-5-22)14-9-12(18)8-13(19)16(14)17(20)25/h8-9,11H,3-7,10H2,1-2H3,(H2,20,25)(H,21,24). The minimum Gasteiger partial charge on any atom is -0.368 e. The molecule has 2 rings (SSSR count). The fourth-order valence-corrected chi connectivity index (χ4v) is 3.24. The van der Waals surface area contributed by atoms with Crippen molar-refractivity contribution in [2.45, 2.75) is 26.3 Å². The predicted molar refractivity (Wildman–Crippen MR) is 99.2 cm³/mol. The van der Waals surface area contributed by atoms with E-state index in [1.807, 2.05) is 23.6 Å². The van der Waals surface area contributed by atoms with Crippen molar-refractivity contribution >= 4 is 33.4 Å². The summed E-state index contributed by atoms with van der Waals surface area (Å²) in [5.74, 6) is -1.41. The summed E-state index contributed by atoms with van der Waals surface area (Å²) in [5, 5.41) is 2.95. The SMILES string of the molecule is CCC(C)NC(=O)CN1CCN(c2cc(Br)cc(F)c2C(N)=O)CC1. The predicted octanol–water partition coefficient (Wildman–Crippen LogP) is 1.72. The van der Waals surface area contributed by atoms with Gasteiger partial charge < -0.3 is 16.0 Å². The van der Waals surface area contributed by atoms with Crippen LogP contribution in [0.1, 0.15) is 30.6 Å². The van der Waals surface area contributed by atoms with Crippen LogP contribution in [-0.2, 0) is 4.79 Å². The summed E-state index contributed by atoms with van der Waals surface area (Å²) in [6.07, 6.45) is 0.893. The van der Waals surface area contributed by atoms with Gasteiger partial charge in [0.1, 0.15) is 5.82 Å². The fraction of sp³-hybridized carbons (Fsp3) is 0.529. The lowest BCUT2D eigenvalue weighted by molar-refractivity contribution is -0.122. The Morgan fingerprint density at radius 3 is 2.52 bits per heavy atom. The normalized spacial score (nSPS) is 16.6. The van der Waals surface area contributed by atoms with Gasteiger partial charge in [-0.15, -0.1) is 0 Å². The van der Waals surface area contributed by atoms with Crippen LogP contribution < -0.4 is 16.0 Å². The number of piperazine rings is 1. The van der Waals surface area contributed by atoms with E-state index in [1.54, 1.807) is 6.07 Å². The van der Waals surface area contributed by atoms with Crippen molar-refractivity contribution in [3.63, 3.8) is 0 Å². The van der Waals surface area contributed by atoms with Crippen molar-refractivity contribution in [2.24, 2.45) is 5.73 Å². The second kappa shape index (κ2) is 8.62. The van der Waals surface area contributed by atoms with E-state index in [0.717, 1.165) is 6.42 Å². The molecule has 1 atom stereocenters. The Hall–Kier alpha value is -1.67. The third kappa shape index (κ3) is 5.15. The smallest absolute Gasteiger partial charge is 0.253 e. The molecule has 0 saturated carbocycles. The zero-order chi connectivity index (χ0) is 18.6. The molecule has 0 spiro atoms. The number of anilines is 1. The van der Waals surface area contributed by atoms with E-state index >= 15 is 0 Å². The highest BCUT2D eigenvalue weighted by atomic mass is 79.9. The Morgan fingerprint density at radius 1 is 1.32 bits per heavy atom.